The first-order valence-corrected chi connectivity index (χ1v) is 10.2. The second-order valence-corrected chi connectivity index (χ2v) is 8.04. The van der Waals surface area contributed by atoms with Gasteiger partial charge in [-0.3, -0.25) is 0 Å². The van der Waals surface area contributed by atoms with Crippen molar-refractivity contribution >= 4 is 27.7 Å². The van der Waals surface area contributed by atoms with Gasteiger partial charge in [0.25, 0.3) is 0 Å². The molecule has 0 aliphatic carbocycles. The van der Waals surface area contributed by atoms with Crippen molar-refractivity contribution in [2.75, 3.05) is 25.7 Å². The molecule has 0 aromatic heterocycles. The zero-order valence-corrected chi connectivity index (χ0v) is 17.9. The number of hydrogen-bond donors (Lipinski definition) is 1. The minimum atomic E-state index is -0.666. The molecule has 0 heterocycles. The van der Waals surface area contributed by atoms with Crippen LogP contribution in [-0.4, -0.2) is 25.7 Å². The summed E-state index contributed by atoms with van der Waals surface area (Å²) in [4.78, 5) is 0. The largest absolute Gasteiger partial charge is 0.497 e. The Morgan fingerprint density at radius 2 is 2.00 bits per heavy atom. The van der Waals surface area contributed by atoms with Crippen LogP contribution in [0.25, 0.3) is 0 Å². The summed E-state index contributed by atoms with van der Waals surface area (Å²) in [5, 5.41) is 12.3. The molecule has 144 valence electrons. The third-order valence-corrected chi connectivity index (χ3v) is 5.85. The minimum Gasteiger partial charge on any atom is -0.497 e. The van der Waals surface area contributed by atoms with Gasteiger partial charge in [-0.05, 0) is 31.2 Å². The highest BCUT2D eigenvalue weighted by Crippen LogP contribution is 2.32. The molecule has 0 aliphatic rings. The van der Waals surface area contributed by atoms with E-state index < -0.39 is 5.54 Å². The average molecular weight is 453 g/mol. The second kappa shape index (κ2) is 9.98. The molecule has 2 aromatic rings. The van der Waals surface area contributed by atoms with Crippen LogP contribution in [0.15, 0.2) is 40.9 Å². The first-order valence-electron chi connectivity index (χ1n) is 8.29. The van der Waals surface area contributed by atoms with E-state index in [-0.39, 0.29) is 5.82 Å². The number of benzene rings is 2. The molecule has 7 heteroatoms. The molecule has 0 radical (unpaired) electrons. The fourth-order valence-electron chi connectivity index (χ4n) is 2.73. The molecular weight excluding hydrogens is 431 g/mol. The number of nitrogens with one attached hydrogen (secondary N) is 1. The fourth-order valence-corrected chi connectivity index (χ4v) is 3.95. The number of ether oxygens (including phenoxy) is 2. The number of halogens is 2. The molecule has 2 rings (SSSR count). The van der Waals surface area contributed by atoms with Crippen LogP contribution in [0.1, 0.15) is 18.1 Å². The Hall–Kier alpha value is -1.75. The molecular formula is C20H22BrFN2O2S. The molecule has 0 fully saturated rings. The number of methoxy groups -OCH3 is 2. The average Bonchev–Trinajstić information content (AvgIpc) is 2.68. The SMILES string of the molecule is COc1ccc(CNC(C)(CSCC#N)c2cc(Br)ccc2F)c(OC)c1. The molecule has 0 saturated carbocycles. The number of thioether (sulfide) groups is 1. The van der Waals surface area contributed by atoms with Crippen LogP contribution >= 0.6 is 27.7 Å². The molecule has 0 spiro atoms. The Labute approximate surface area is 172 Å². The number of rotatable bonds is 9. The van der Waals surface area contributed by atoms with E-state index in [9.17, 15) is 4.39 Å². The summed E-state index contributed by atoms with van der Waals surface area (Å²) in [6.45, 7) is 2.42. The van der Waals surface area contributed by atoms with E-state index >= 15 is 0 Å². The van der Waals surface area contributed by atoms with E-state index in [0.717, 1.165) is 10.0 Å². The van der Waals surface area contributed by atoms with Gasteiger partial charge in [-0.15, -0.1) is 11.8 Å². The van der Waals surface area contributed by atoms with E-state index in [1.165, 1.54) is 17.8 Å². The number of hydrogen-bond acceptors (Lipinski definition) is 5. The smallest absolute Gasteiger partial charge is 0.128 e. The van der Waals surface area contributed by atoms with E-state index in [4.69, 9.17) is 14.7 Å². The van der Waals surface area contributed by atoms with E-state index in [2.05, 4.69) is 27.3 Å². The van der Waals surface area contributed by atoms with Crippen LogP contribution in [0.4, 0.5) is 4.39 Å². The minimum absolute atomic E-state index is 0.285. The standard InChI is InChI=1S/C20H22BrFN2O2S/c1-20(13-27-9-8-23,17-10-15(21)5-7-18(17)22)24-12-14-4-6-16(25-2)11-19(14)26-3/h4-7,10-11,24H,9,12-13H2,1-3H3. The van der Waals surface area contributed by atoms with Gasteiger partial charge >= 0.3 is 0 Å². The van der Waals surface area contributed by atoms with Crippen LogP contribution in [-0.2, 0) is 12.1 Å². The van der Waals surface area contributed by atoms with Gasteiger partial charge in [0.2, 0.25) is 0 Å². The Bertz CT molecular complexity index is 828. The van der Waals surface area contributed by atoms with Gasteiger partial charge in [-0.2, -0.15) is 5.26 Å². The van der Waals surface area contributed by atoms with E-state index in [1.54, 1.807) is 26.4 Å². The Morgan fingerprint density at radius 1 is 1.22 bits per heavy atom. The van der Waals surface area contributed by atoms with Gasteiger partial charge in [0, 0.05) is 34.0 Å². The van der Waals surface area contributed by atoms with Crippen molar-refractivity contribution in [3.63, 3.8) is 0 Å². The van der Waals surface area contributed by atoms with Crippen molar-refractivity contribution in [3.05, 3.63) is 57.8 Å². The second-order valence-electron chi connectivity index (χ2n) is 6.14. The third kappa shape index (κ3) is 5.61. The molecule has 0 saturated heterocycles. The van der Waals surface area contributed by atoms with E-state index in [0.29, 0.717) is 35.1 Å². The first kappa shape index (κ1) is 21.5. The summed E-state index contributed by atoms with van der Waals surface area (Å²) in [7, 11) is 3.21. The van der Waals surface area contributed by atoms with Crippen molar-refractivity contribution in [1.29, 1.82) is 5.26 Å². The van der Waals surface area contributed by atoms with Gasteiger partial charge in [-0.1, -0.05) is 22.0 Å². The molecule has 0 bridgehead atoms. The topological polar surface area (TPSA) is 54.3 Å². The summed E-state index contributed by atoms with van der Waals surface area (Å²) in [5.41, 5.74) is 0.820. The fraction of sp³-hybridized carbons (Fsp3) is 0.350. The Kier molecular flexibility index (Phi) is 7.96. The molecule has 1 N–H and O–H groups in total. The monoisotopic (exact) mass is 452 g/mol. The van der Waals surface area contributed by atoms with Crippen molar-refractivity contribution in [2.45, 2.75) is 19.0 Å². The zero-order chi connectivity index (χ0) is 19.9. The first-order chi connectivity index (χ1) is 12.9. The van der Waals surface area contributed by atoms with Gasteiger partial charge in [0.15, 0.2) is 0 Å². The Morgan fingerprint density at radius 3 is 2.67 bits per heavy atom. The summed E-state index contributed by atoms with van der Waals surface area (Å²) in [6, 6.07) is 12.6. The van der Waals surface area contributed by atoms with Crippen molar-refractivity contribution < 1.29 is 13.9 Å². The molecule has 2 aromatic carbocycles. The maximum absolute atomic E-state index is 14.6. The van der Waals surface area contributed by atoms with Crippen LogP contribution in [0.5, 0.6) is 11.5 Å². The Balaban J connectivity index is 2.30. The lowest BCUT2D eigenvalue weighted by Gasteiger charge is -2.32. The lowest BCUT2D eigenvalue weighted by molar-refractivity contribution is 0.371. The van der Waals surface area contributed by atoms with Gasteiger partial charge < -0.3 is 14.8 Å². The number of nitrogens with zero attached hydrogens (tertiary/aromatic N) is 1. The van der Waals surface area contributed by atoms with Crippen LogP contribution in [0, 0.1) is 17.1 Å². The summed E-state index contributed by atoms with van der Waals surface area (Å²) < 4.78 is 26.1. The zero-order valence-electron chi connectivity index (χ0n) is 15.5. The maximum atomic E-state index is 14.6. The molecule has 0 aliphatic heterocycles. The van der Waals surface area contributed by atoms with Crippen molar-refractivity contribution in [3.8, 4) is 17.6 Å². The lowest BCUT2D eigenvalue weighted by atomic mass is 9.93. The van der Waals surface area contributed by atoms with Gasteiger partial charge in [0.1, 0.15) is 17.3 Å². The van der Waals surface area contributed by atoms with Crippen molar-refractivity contribution in [1.82, 2.24) is 5.32 Å². The van der Waals surface area contributed by atoms with Crippen molar-refractivity contribution in [2.24, 2.45) is 0 Å². The van der Waals surface area contributed by atoms with E-state index in [1.807, 2.05) is 25.1 Å². The van der Waals surface area contributed by atoms with Gasteiger partial charge in [0.05, 0.1) is 31.6 Å². The molecule has 1 atom stereocenters. The highest BCUT2D eigenvalue weighted by molar-refractivity contribution is 9.10. The third-order valence-electron chi connectivity index (χ3n) is 4.24. The maximum Gasteiger partial charge on any atom is 0.128 e. The summed E-state index contributed by atoms with van der Waals surface area (Å²) in [5.74, 6) is 2.02. The molecule has 1 unspecified atom stereocenters. The van der Waals surface area contributed by atoms with Gasteiger partial charge in [-0.25, -0.2) is 4.39 Å². The lowest BCUT2D eigenvalue weighted by Crippen LogP contribution is -2.42. The molecule has 0 amide bonds. The highest BCUT2D eigenvalue weighted by Gasteiger charge is 2.29. The normalized spacial score (nSPS) is 12.9. The molecule has 27 heavy (non-hydrogen) atoms. The summed E-state index contributed by atoms with van der Waals surface area (Å²) >= 11 is 4.88. The highest BCUT2D eigenvalue weighted by atomic mass is 79.9. The number of nitriles is 1. The quantitative estimate of drug-likeness (QED) is 0.550. The summed E-state index contributed by atoms with van der Waals surface area (Å²) in [6.07, 6.45) is 0. The van der Waals surface area contributed by atoms with Crippen LogP contribution in [0.3, 0.4) is 0 Å². The molecule has 4 nitrogen and oxygen atoms in total. The van der Waals surface area contributed by atoms with Crippen LogP contribution in [0.2, 0.25) is 0 Å². The van der Waals surface area contributed by atoms with Crippen LogP contribution < -0.4 is 14.8 Å². The predicted octanol–water partition coefficient (Wildman–Crippen LogP) is 4.87. The predicted molar refractivity (Wildman–Crippen MR) is 111 cm³/mol.